The highest BCUT2D eigenvalue weighted by atomic mass is 16.5. The first-order chi connectivity index (χ1) is 8.31. The summed E-state index contributed by atoms with van der Waals surface area (Å²) < 4.78 is 5.22. The molecule has 0 bridgehead atoms. The Morgan fingerprint density at radius 2 is 2.00 bits per heavy atom. The molecular weight excluding hydrogens is 216 g/mol. The van der Waals surface area contributed by atoms with Gasteiger partial charge in [-0.25, -0.2) is 0 Å². The largest absolute Gasteiger partial charge is 0.370 e. The molecule has 2 atom stereocenters. The van der Waals surface area contributed by atoms with E-state index in [1.807, 2.05) is 4.90 Å². The molecule has 1 aliphatic carbocycles. The molecule has 1 amide bonds. The molecule has 1 heterocycles. The van der Waals surface area contributed by atoms with Crippen molar-refractivity contribution in [2.45, 2.75) is 32.1 Å². The van der Waals surface area contributed by atoms with Gasteiger partial charge in [-0.3, -0.25) is 4.79 Å². The molecule has 98 valence electrons. The van der Waals surface area contributed by atoms with Crippen LogP contribution in [-0.2, 0) is 9.53 Å². The number of carbonyl (C=O) groups excluding carboxylic acids is 1. The number of amides is 1. The lowest BCUT2D eigenvalue weighted by Crippen LogP contribution is -2.46. The van der Waals surface area contributed by atoms with Crippen molar-refractivity contribution in [2.24, 2.45) is 17.6 Å². The monoisotopic (exact) mass is 240 g/mol. The lowest BCUT2D eigenvalue weighted by Gasteiger charge is -2.41. The van der Waals surface area contributed by atoms with E-state index in [4.69, 9.17) is 10.5 Å². The van der Waals surface area contributed by atoms with Crippen LogP contribution in [-0.4, -0.2) is 43.7 Å². The van der Waals surface area contributed by atoms with Gasteiger partial charge in [0, 0.05) is 19.6 Å². The van der Waals surface area contributed by atoms with Gasteiger partial charge >= 0.3 is 0 Å². The van der Waals surface area contributed by atoms with Gasteiger partial charge in [-0.2, -0.15) is 0 Å². The Bertz CT molecular complexity index is 258. The molecule has 0 aromatic carbocycles. The van der Waals surface area contributed by atoms with Crippen LogP contribution in [0.5, 0.6) is 0 Å². The summed E-state index contributed by atoms with van der Waals surface area (Å²) in [6, 6.07) is 0. The summed E-state index contributed by atoms with van der Waals surface area (Å²) >= 11 is 0. The molecule has 2 fully saturated rings. The van der Waals surface area contributed by atoms with E-state index in [0.717, 1.165) is 24.9 Å². The van der Waals surface area contributed by atoms with Crippen LogP contribution in [0.3, 0.4) is 0 Å². The summed E-state index contributed by atoms with van der Waals surface area (Å²) in [7, 11) is 0. The molecule has 0 radical (unpaired) electrons. The van der Waals surface area contributed by atoms with Crippen molar-refractivity contribution in [3.8, 4) is 0 Å². The standard InChI is InChI=1S/C13H24N2O2/c14-6-8-17-10-13(16)15-7-5-11-3-1-2-4-12(11)9-15/h11-12H,1-10,14H2. The van der Waals surface area contributed by atoms with Gasteiger partial charge in [0.05, 0.1) is 6.61 Å². The number of nitrogens with two attached hydrogens (primary N) is 1. The normalized spacial score (nSPS) is 28.9. The number of nitrogens with zero attached hydrogens (tertiary/aromatic N) is 1. The van der Waals surface area contributed by atoms with Crippen molar-refractivity contribution in [1.29, 1.82) is 0 Å². The molecule has 0 aromatic rings. The second kappa shape index (κ2) is 6.36. The zero-order chi connectivity index (χ0) is 12.1. The number of hydrogen-bond acceptors (Lipinski definition) is 3. The van der Waals surface area contributed by atoms with Crippen molar-refractivity contribution >= 4 is 5.91 Å². The Morgan fingerprint density at radius 1 is 1.24 bits per heavy atom. The van der Waals surface area contributed by atoms with Gasteiger partial charge in [-0.05, 0) is 24.7 Å². The molecule has 17 heavy (non-hydrogen) atoms. The Morgan fingerprint density at radius 3 is 2.76 bits per heavy atom. The fraction of sp³-hybridized carbons (Fsp3) is 0.923. The van der Waals surface area contributed by atoms with Gasteiger partial charge in [0.1, 0.15) is 6.61 Å². The highest BCUT2D eigenvalue weighted by molar-refractivity contribution is 5.77. The molecule has 0 aromatic heterocycles. The predicted octanol–water partition coefficient (Wildman–Crippen LogP) is 1.00. The second-order valence-corrected chi connectivity index (χ2v) is 5.27. The first-order valence-corrected chi connectivity index (χ1v) is 6.87. The number of piperidine rings is 1. The van der Waals surface area contributed by atoms with Gasteiger partial charge in [0.25, 0.3) is 0 Å². The maximum absolute atomic E-state index is 11.9. The first-order valence-electron chi connectivity index (χ1n) is 6.87. The lowest BCUT2D eigenvalue weighted by molar-refractivity contribution is -0.139. The highest BCUT2D eigenvalue weighted by Gasteiger charge is 2.32. The SMILES string of the molecule is NCCOCC(=O)N1CCC2CCCCC2C1. The van der Waals surface area contributed by atoms with Crippen LogP contribution in [0.25, 0.3) is 0 Å². The average molecular weight is 240 g/mol. The number of carbonyl (C=O) groups is 1. The Balaban J connectivity index is 1.76. The van der Waals surface area contributed by atoms with E-state index in [2.05, 4.69) is 0 Å². The first kappa shape index (κ1) is 12.8. The third-order valence-electron chi connectivity index (χ3n) is 4.13. The maximum Gasteiger partial charge on any atom is 0.248 e. The van der Waals surface area contributed by atoms with Crippen molar-refractivity contribution in [3.63, 3.8) is 0 Å². The number of ether oxygens (including phenoxy) is 1. The minimum atomic E-state index is 0.141. The minimum absolute atomic E-state index is 0.141. The Labute approximate surface area is 103 Å². The summed E-state index contributed by atoms with van der Waals surface area (Å²) in [5, 5.41) is 0. The fourth-order valence-corrected chi connectivity index (χ4v) is 3.16. The smallest absolute Gasteiger partial charge is 0.248 e. The van der Waals surface area contributed by atoms with Crippen molar-refractivity contribution in [3.05, 3.63) is 0 Å². The van der Waals surface area contributed by atoms with E-state index in [0.29, 0.717) is 13.2 Å². The second-order valence-electron chi connectivity index (χ2n) is 5.27. The predicted molar refractivity (Wildman–Crippen MR) is 66.5 cm³/mol. The number of fused-ring (bicyclic) bond motifs is 1. The van der Waals surface area contributed by atoms with Crippen LogP contribution < -0.4 is 5.73 Å². The van der Waals surface area contributed by atoms with E-state index in [1.54, 1.807) is 0 Å². The molecule has 0 spiro atoms. The quantitative estimate of drug-likeness (QED) is 0.746. The molecule has 2 unspecified atom stereocenters. The van der Waals surface area contributed by atoms with E-state index in [1.165, 1.54) is 32.1 Å². The summed E-state index contributed by atoms with van der Waals surface area (Å²) in [5.74, 6) is 1.76. The molecule has 1 saturated heterocycles. The van der Waals surface area contributed by atoms with Gasteiger partial charge in [-0.1, -0.05) is 19.3 Å². The number of likely N-dealkylation sites (tertiary alicyclic amines) is 1. The van der Waals surface area contributed by atoms with E-state index < -0.39 is 0 Å². The topological polar surface area (TPSA) is 55.6 Å². The average Bonchev–Trinajstić information content (AvgIpc) is 2.38. The van der Waals surface area contributed by atoms with E-state index in [9.17, 15) is 4.79 Å². The molecule has 2 aliphatic rings. The van der Waals surface area contributed by atoms with Crippen molar-refractivity contribution in [1.82, 2.24) is 4.90 Å². The number of rotatable bonds is 4. The summed E-state index contributed by atoms with van der Waals surface area (Å²) in [5.41, 5.74) is 5.33. The van der Waals surface area contributed by atoms with Crippen molar-refractivity contribution in [2.75, 3.05) is 32.8 Å². The summed E-state index contributed by atoms with van der Waals surface area (Å²) in [6.45, 7) is 3.04. The molecule has 4 heteroatoms. The molecule has 4 nitrogen and oxygen atoms in total. The third kappa shape index (κ3) is 3.42. The lowest BCUT2D eigenvalue weighted by atomic mass is 9.75. The molecular formula is C13H24N2O2. The summed E-state index contributed by atoms with van der Waals surface area (Å²) in [4.78, 5) is 13.9. The van der Waals surface area contributed by atoms with Crippen LogP contribution in [0.15, 0.2) is 0 Å². The van der Waals surface area contributed by atoms with Crippen LogP contribution >= 0.6 is 0 Å². The van der Waals surface area contributed by atoms with Gasteiger partial charge in [-0.15, -0.1) is 0 Å². The van der Waals surface area contributed by atoms with Gasteiger partial charge < -0.3 is 15.4 Å². The summed E-state index contributed by atoms with van der Waals surface area (Å²) in [6.07, 6.45) is 6.59. The van der Waals surface area contributed by atoms with E-state index in [-0.39, 0.29) is 12.5 Å². The Hall–Kier alpha value is -0.610. The minimum Gasteiger partial charge on any atom is -0.370 e. The zero-order valence-corrected chi connectivity index (χ0v) is 10.6. The van der Waals surface area contributed by atoms with E-state index >= 15 is 0 Å². The molecule has 2 N–H and O–H groups in total. The molecule has 1 saturated carbocycles. The molecule has 1 aliphatic heterocycles. The van der Waals surface area contributed by atoms with Gasteiger partial charge in [0.2, 0.25) is 5.91 Å². The third-order valence-corrected chi connectivity index (χ3v) is 4.13. The van der Waals surface area contributed by atoms with Crippen LogP contribution in [0.4, 0.5) is 0 Å². The number of hydrogen-bond donors (Lipinski definition) is 1. The van der Waals surface area contributed by atoms with Crippen LogP contribution in [0.1, 0.15) is 32.1 Å². The van der Waals surface area contributed by atoms with Crippen LogP contribution in [0, 0.1) is 11.8 Å². The maximum atomic E-state index is 11.9. The zero-order valence-electron chi connectivity index (χ0n) is 10.6. The van der Waals surface area contributed by atoms with Gasteiger partial charge in [0.15, 0.2) is 0 Å². The van der Waals surface area contributed by atoms with Crippen LogP contribution in [0.2, 0.25) is 0 Å². The van der Waals surface area contributed by atoms with Crippen molar-refractivity contribution < 1.29 is 9.53 Å². The molecule has 2 rings (SSSR count). The Kier molecular flexibility index (Phi) is 4.80. The highest BCUT2D eigenvalue weighted by Crippen LogP contribution is 2.35. The fourth-order valence-electron chi connectivity index (χ4n) is 3.16.